The predicted molar refractivity (Wildman–Crippen MR) is 148 cm³/mol. The highest BCUT2D eigenvalue weighted by Crippen LogP contribution is 2.45. The van der Waals surface area contributed by atoms with Crippen LogP contribution in [0.5, 0.6) is 0 Å². The van der Waals surface area contributed by atoms with E-state index in [0.29, 0.717) is 28.9 Å². The molecule has 3 fully saturated rings. The van der Waals surface area contributed by atoms with Gasteiger partial charge in [0.2, 0.25) is 0 Å². The highest BCUT2D eigenvalue weighted by molar-refractivity contribution is 6.05. The quantitative estimate of drug-likeness (QED) is 0.277. The lowest BCUT2D eigenvalue weighted by molar-refractivity contribution is 0.102. The number of nitrogens with one attached hydrogen (secondary N) is 3. The normalized spacial score (nSPS) is 20.8. The van der Waals surface area contributed by atoms with E-state index in [1.165, 1.54) is 24.8 Å². The topological polar surface area (TPSA) is 105 Å². The average molecular weight is 511 g/mol. The molecule has 0 aromatic heterocycles. The van der Waals surface area contributed by atoms with Crippen molar-refractivity contribution >= 4 is 23.4 Å². The van der Waals surface area contributed by atoms with Crippen LogP contribution in [0, 0.1) is 5.92 Å². The first-order valence-electron chi connectivity index (χ1n) is 13.5. The van der Waals surface area contributed by atoms with Crippen molar-refractivity contribution in [1.82, 2.24) is 10.6 Å². The fourth-order valence-electron chi connectivity index (χ4n) is 5.03. The van der Waals surface area contributed by atoms with Gasteiger partial charge in [-0.2, -0.15) is 0 Å². The van der Waals surface area contributed by atoms with E-state index in [-0.39, 0.29) is 12.5 Å². The second-order valence-corrected chi connectivity index (χ2v) is 10.9. The van der Waals surface area contributed by atoms with Gasteiger partial charge in [-0.25, -0.2) is 4.79 Å². The maximum Gasteiger partial charge on any atom is 0.408 e. The third kappa shape index (κ3) is 5.68. The molecule has 3 aromatic carbocycles. The van der Waals surface area contributed by atoms with Crippen molar-refractivity contribution in [2.75, 3.05) is 17.6 Å². The van der Waals surface area contributed by atoms with E-state index in [1.54, 1.807) is 24.3 Å². The summed E-state index contributed by atoms with van der Waals surface area (Å²) in [4.78, 5) is 25.2. The fraction of sp³-hybridized carbons (Fsp3) is 0.355. The summed E-state index contributed by atoms with van der Waals surface area (Å²) in [6.07, 6.45) is 5.20. The number of carbonyl (C=O) groups excluding carboxylic acids is 2. The Morgan fingerprint density at radius 3 is 2.37 bits per heavy atom. The first-order chi connectivity index (χ1) is 18.5. The minimum Gasteiger partial charge on any atom is -0.445 e. The lowest BCUT2D eigenvalue weighted by atomic mass is 10.0. The molecule has 1 unspecified atom stereocenters. The Kier molecular flexibility index (Phi) is 6.54. The van der Waals surface area contributed by atoms with Gasteiger partial charge in [0.05, 0.1) is 16.9 Å². The third-order valence-electron chi connectivity index (χ3n) is 7.93. The second kappa shape index (κ2) is 10.1. The smallest absolute Gasteiger partial charge is 0.408 e. The number of benzene rings is 3. The van der Waals surface area contributed by atoms with Crippen LogP contribution in [0.1, 0.15) is 65.1 Å². The van der Waals surface area contributed by atoms with Gasteiger partial charge in [-0.15, -0.1) is 0 Å². The zero-order chi connectivity index (χ0) is 26.1. The summed E-state index contributed by atoms with van der Waals surface area (Å²) < 4.78 is 5.54. The molecule has 0 bridgehead atoms. The molecule has 5 N–H and O–H groups in total. The van der Waals surface area contributed by atoms with E-state index < -0.39 is 11.6 Å². The highest BCUT2D eigenvalue weighted by atomic mass is 16.5. The van der Waals surface area contributed by atoms with Crippen LogP contribution in [0.2, 0.25) is 0 Å². The van der Waals surface area contributed by atoms with Crippen LogP contribution in [0.25, 0.3) is 0 Å². The number of nitrogens with two attached hydrogens (primary N) is 1. The summed E-state index contributed by atoms with van der Waals surface area (Å²) in [7, 11) is 0. The van der Waals surface area contributed by atoms with E-state index in [1.807, 2.05) is 24.3 Å². The summed E-state index contributed by atoms with van der Waals surface area (Å²) in [6, 6.07) is 23.5. The van der Waals surface area contributed by atoms with Gasteiger partial charge in [0.1, 0.15) is 6.61 Å². The molecular weight excluding hydrogens is 476 g/mol. The molecule has 0 saturated heterocycles. The predicted octanol–water partition coefficient (Wildman–Crippen LogP) is 5.29. The molecule has 2 atom stereocenters. The van der Waals surface area contributed by atoms with Gasteiger partial charge in [-0.05, 0) is 85.5 Å². The SMILES string of the molecule is Nc1ccccc1NC(=O)c1ccc(C2(NC(=O)OCc3ccc(C4C[C@@H]4NCC4CC4)cc3)CC2)cc1. The van der Waals surface area contributed by atoms with E-state index in [0.717, 1.165) is 36.4 Å². The third-order valence-corrected chi connectivity index (χ3v) is 7.93. The summed E-state index contributed by atoms with van der Waals surface area (Å²) in [5.41, 5.74) is 10.4. The summed E-state index contributed by atoms with van der Waals surface area (Å²) in [6.45, 7) is 1.39. The highest BCUT2D eigenvalue weighted by Gasteiger charge is 2.46. The van der Waals surface area contributed by atoms with Crippen LogP contribution in [0.15, 0.2) is 72.8 Å². The summed E-state index contributed by atoms with van der Waals surface area (Å²) in [5.74, 6) is 1.28. The number of alkyl carbamates (subject to hydrolysis) is 1. The number of hydrogen-bond acceptors (Lipinski definition) is 5. The summed E-state index contributed by atoms with van der Waals surface area (Å²) in [5, 5.41) is 9.55. The molecule has 0 spiro atoms. The van der Waals surface area contributed by atoms with Gasteiger partial charge >= 0.3 is 6.09 Å². The molecule has 196 valence electrons. The average Bonchev–Trinajstić information content (AvgIpc) is 3.79. The van der Waals surface area contributed by atoms with Crippen molar-refractivity contribution in [2.45, 2.75) is 56.2 Å². The van der Waals surface area contributed by atoms with Gasteiger partial charge < -0.3 is 26.4 Å². The maximum absolute atomic E-state index is 12.6. The molecule has 7 nitrogen and oxygen atoms in total. The van der Waals surface area contributed by atoms with Crippen molar-refractivity contribution < 1.29 is 14.3 Å². The first kappa shape index (κ1) is 24.5. The zero-order valence-corrected chi connectivity index (χ0v) is 21.4. The minimum absolute atomic E-state index is 0.232. The van der Waals surface area contributed by atoms with Crippen LogP contribution in [-0.4, -0.2) is 24.6 Å². The number of rotatable bonds is 10. The van der Waals surface area contributed by atoms with E-state index >= 15 is 0 Å². The Morgan fingerprint density at radius 2 is 1.68 bits per heavy atom. The van der Waals surface area contributed by atoms with Crippen molar-refractivity contribution in [3.05, 3.63) is 95.1 Å². The van der Waals surface area contributed by atoms with Crippen LogP contribution >= 0.6 is 0 Å². The molecule has 3 aliphatic carbocycles. The van der Waals surface area contributed by atoms with Crippen molar-refractivity contribution in [2.24, 2.45) is 5.92 Å². The fourth-order valence-corrected chi connectivity index (χ4v) is 5.03. The van der Waals surface area contributed by atoms with Crippen LogP contribution in [-0.2, 0) is 16.9 Å². The largest absolute Gasteiger partial charge is 0.445 e. The van der Waals surface area contributed by atoms with Crippen molar-refractivity contribution in [1.29, 1.82) is 0 Å². The number of para-hydroxylation sites is 2. The van der Waals surface area contributed by atoms with Gasteiger partial charge in [0, 0.05) is 17.5 Å². The number of hydrogen-bond donors (Lipinski definition) is 4. The number of ether oxygens (including phenoxy) is 1. The number of amides is 2. The van der Waals surface area contributed by atoms with Crippen LogP contribution in [0.3, 0.4) is 0 Å². The molecule has 38 heavy (non-hydrogen) atoms. The second-order valence-electron chi connectivity index (χ2n) is 10.9. The van der Waals surface area contributed by atoms with Gasteiger partial charge in [-0.3, -0.25) is 4.79 Å². The Labute approximate surface area is 223 Å². The Hall–Kier alpha value is -3.84. The van der Waals surface area contributed by atoms with Gasteiger partial charge in [-0.1, -0.05) is 48.5 Å². The standard InChI is InChI=1S/C31H34N4O3/c32-26-3-1-2-4-27(26)34-29(36)23-11-13-24(14-12-23)31(15-16-31)35-30(37)38-19-21-7-9-22(10-8-21)25-17-28(25)33-18-20-5-6-20/h1-4,7-14,20,25,28,33H,5-6,15-19,32H2,(H,34,36)(H,35,37)/t25?,28-/m0/s1. The molecule has 0 heterocycles. The molecule has 3 aromatic rings. The molecule has 0 radical (unpaired) electrons. The number of carbonyl (C=O) groups is 2. The molecular formula is C31H34N4O3. The Morgan fingerprint density at radius 1 is 0.947 bits per heavy atom. The van der Waals surface area contributed by atoms with Gasteiger partial charge in [0.25, 0.3) is 5.91 Å². The zero-order valence-electron chi connectivity index (χ0n) is 21.4. The summed E-state index contributed by atoms with van der Waals surface area (Å²) >= 11 is 0. The first-order valence-corrected chi connectivity index (χ1v) is 13.5. The number of anilines is 2. The molecule has 2 amide bonds. The van der Waals surface area contributed by atoms with E-state index in [4.69, 9.17) is 10.5 Å². The number of nitrogen functional groups attached to an aromatic ring is 1. The molecule has 7 heteroatoms. The Bertz CT molecular complexity index is 1310. The lowest BCUT2D eigenvalue weighted by Crippen LogP contribution is -2.35. The van der Waals surface area contributed by atoms with E-state index in [9.17, 15) is 9.59 Å². The van der Waals surface area contributed by atoms with Crippen molar-refractivity contribution in [3.63, 3.8) is 0 Å². The molecule has 3 aliphatic rings. The van der Waals surface area contributed by atoms with Gasteiger partial charge in [0.15, 0.2) is 0 Å². The molecule has 3 saturated carbocycles. The lowest BCUT2D eigenvalue weighted by Gasteiger charge is -2.18. The monoisotopic (exact) mass is 510 g/mol. The van der Waals surface area contributed by atoms with Crippen LogP contribution in [0.4, 0.5) is 16.2 Å². The maximum atomic E-state index is 12.6. The minimum atomic E-state index is -0.436. The van der Waals surface area contributed by atoms with Crippen molar-refractivity contribution in [3.8, 4) is 0 Å². The van der Waals surface area contributed by atoms with E-state index in [2.05, 4.69) is 40.2 Å². The molecule has 6 rings (SSSR count). The van der Waals surface area contributed by atoms with Crippen LogP contribution < -0.4 is 21.7 Å². The molecule has 0 aliphatic heterocycles. The Balaban J connectivity index is 0.979.